The Labute approximate surface area is 148 Å². The second kappa shape index (κ2) is 7.31. The molecule has 1 aliphatic carbocycles. The van der Waals surface area contributed by atoms with Crippen LogP contribution in [-0.4, -0.2) is 26.6 Å². The fourth-order valence-electron chi connectivity index (χ4n) is 3.46. The molecule has 0 bridgehead atoms. The van der Waals surface area contributed by atoms with E-state index < -0.39 is 10.0 Å². The number of rotatable bonds is 3. The minimum Gasteiger partial charge on any atom is -0.326 e. The number of nitrogens with zero attached hydrogens (tertiary/aromatic N) is 1. The highest BCUT2D eigenvalue weighted by atomic mass is 35.5. The Hall–Kier alpha value is -1.27. The molecule has 1 saturated heterocycles. The SMILES string of the molecule is O=C(Nc1ccc(N2CCCCS2(=O)=O)c(Cl)c1)C1CCCCC1. The van der Waals surface area contributed by atoms with Gasteiger partial charge in [-0.1, -0.05) is 30.9 Å². The summed E-state index contributed by atoms with van der Waals surface area (Å²) >= 11 is 6.30. The van der Waals surface area contributed by atoms with Crippen molar-refractivity contribution in [2.24, 2.45) is 5.92 Å². The van der Waals surface area contributed by atoms with Crippen molar-refractivity contribution in [3.05, 3.63) is 23.2 Å². The Kier molecular flexibility index (Phi) is 5.35. The van der Waals surface area contributed by atoms with Crippen LogP contribution in [0.15, 0.2) is 18.2 Å². The summed E-state index contributed by atoms with van der Waals surface area (Å²) in [5.41, 5.74) is 1.11. The number of hydrogen-bond donors (Lipinski definition) is 1. The van der Waals surface area contributed by atoms with Crippen molar-refractivity contribution in [2.75, 3.05) is 21.9 Å². The highest BCUT2D eigenvalue weighted by Crippen LogP contribution is 2.33. The molecule has 2 aliphatic rings. The van der Waals surface area contributed by atoms with Crippen LogP contribution >= 0.6 is 11.6 Å². The van der Waals surface area contributed by atoms with Crippen LogP contribution in [-0.2, 0) is 14.8 Å². The van der Waals surface area contributed by atoms with Crippen LogP contribution in [0, 0.1) is 5.92 Å². The van der Waals surface area contributed by atoms with E-state index in [0.717, 1.165) is 32.1 Å². The summed E-state index contributed by atoms with van der Waals surface area (Å²) in [6, 6.07) is 5.05. The molecule has 0 aromatic heterocycles. The fraction of sp³-hybridized carbons (Fsp3) is 0.588. The van der Waals surface area contributed by atoms with E-state index in [4.69, 9.17) is 11.6 Å². The topological polar surface area (TPSA) is 66.5 Å². The van der Waals surface area contributed by atoms with Gasteiger partial charge in [-0.05, 0) is 43.9 Å². The van der Waals surface area contributed by atoms with E-state index in [-0.39, 0.29) is 17.6 Å². The second-order valence-corrected chi connectivity index (χ2v) is 9.01. The maximum absolute atomic E-state index is 12.3. The highest BCUT2D eigenvalue weighted by molar-refractivity contribution is 7.92. The number of hydrogen-bond acceptors (Lipinski definition) is 3. The van der Waals surface area contributed by atoms with E-state index in [0.29, 0.717) is 29.4 Å². The van der Waals surface area contributed by atoms with Gasteiger partial charge in [0.15, 0.2) is 0 Å². The van der Waals surface area contributed by atoms with Gasteiger partial charge in [0.1, 0.15) is 0 Å². The van der Waals surface area contributed by atoms with Crippen LogP contribution in [0.2, 0.25) is 5.02 Å². The van der Waals surface area contributed by atoms with Crippen molar-refractivity contribution in [1.29, 1.82) is 0 Å². The molecule has 1 aliphatic heterocycles. The molecule has 0 unspecified atom stereocenters. The number of benzene rings is 1. The molecule has 1 heterocycles. The Morgan fingerprint density at radius 3 is 2.54 bits per heavy atom. The van der Waals surface area contributed by atoms with Gasteiger partial charge in [-0.25, -0.2) is 8.42 Å². The first-order valence-corrected chi connectivity index (χ1v) is 10.6. The molecule has 0 radical (unpaired) electrons. The minimum atomic E-state index is -3.29. The number of carbonyl (C=O) groups is 1. The Bertz CT molecular complexity index is 715. The molecule has 1 aromatic carbocycles. The molecule has 7 heteroatoms. The summed E-state index contributed by atoms with van der Waals surface area (Å²) in [5, 5.41) is 3.26. The summed E-state index contributed by atoms with van der Waals surface area (Å²) in [5.74, 6) is 0.257. The lowest BCUT2D eigenvalue weighted by atomic mass is 9.88. The lowest BCUT2D eigenvalue weighted by Gasteiger charge is -2.29. The molecule has 0 atom stereocenters. The van der Waals surface area contributed by atoms with Crippen molar-refractivity contribution < 1.29 is 13.2 Å². The van der Waals surface area contributed by atoms with Gasteiger partial charge in [-0.2, -0.15) is 0 Å². The van der Waals surface area contributed by atoms with E-state index in [9.17, 15) is 13.2 Å². The van der Waals surface area contributed by atoms with E-state index in [1.165, 1.54) is 10.7 Å². The van der Waals surface area contributed by atoms with Crippen molar-refractivity contribution >= 4 is 38.9 Å². The van der Waals surface area contributed by atoms with Gasteiger partial charge in [0.25, 0.3) is 0 Å². The van der Waals surface area contributed by atoms with Crippen molar-refractivity contribution in [1.82, 2.24) is 0 Å². The van der Waals surface area contributed by atoms with Gasteiger partial charge < -0.3 is 5.32 Å². The smallest absolute Gasteiger partial charge is 0.235 e. The number of anilines is 2. The molecular weight excluding hydrogens is 348 g/mol. The number of amides is 1. The predicted octanol–water partition coefficient (Wildman–Crippen LogP) is 3.79. The molecule has 1 N–H and O–H groups in total. The lowest BCUT2D eigenvalue weighted by molar-refractivity contribution is -0.120. The lowest BCUT2D eigenvalue weighted by Crippen LogP contribution is -2.38. The summed E-state index contributed by atoms with van der Waals surface area (Å²) < 4.78 is 25.8. The van der Waals surface area contributed by atoms with Gasteiger partial charge in [-0.15, -0.1) is 0 Å². The maximum Gasteiger partial charge on any atom is 0.235 e. The van der Waals surface area contributed by atoms with E-state index >= 15 is 0 Å². The molecule has 1 amide bonds. The third-order valence-electron chi connectivity index (χ3n) is 4.81. The summed E-state index contributed by atoms with van der Waals surface area (Å²) in [7, 11) is -3.29. The zero-order valence-corrected chi connectivity index (χ0v) is 15.2. The van der Waals surface area contributed by atoms with Crippen LogP contribution in [0.5, 0.6) is 0 Å². The molecule has 0 spiro atoms. The van der Waals surface area contributed by atoms with Crippen LogP contribution in [0.25, 0.3) is 0 Å². The van der Waals surface area contributed by atoms with Gasteiger partial charge in [0, 0.05) is 18.2 Å². The van der Waals surface area contributed by atoms with Crippen LogP contribution < -0.4 is 9.62 Å². The molecule has 3 rings (SSSR count). The third kappa shape index (κ3) is 3.86. The maximum atomic E-state index is 12.3. The molecule has 1 aromatic rings. The summed E-state index contributed by atoms with van der Waals surface area (Å²) in [4.78, 5) is 12.3. The average Bonchev–Trinajstić information content (AvgIpc) is 2.56. The monoisotopic (exact) mass is 370 g/mol. The molecule has 1 saturated carbocycles. The van der Waals surface area contributed by atoms with E-state index in [1.807, 2.05) is 0 Å². The van der Waals surface area contributed by atoms with Gasteiger partial charge in [0.05, 0.1) is 16.5 Å². The average molecular weight is 371 g/mol. The molecule has 132 valence electrons. The third-order valence-corrected chi connectivity index (χ3v) is 6.97. The quantitative estimate of drug-likeness (QED) is 0.880. The van der Waals surface area contributed by atoms with Gasteiger partial charge >= 0.3 is 0 Å². The Balaban J connectivity index is 1.73. The Morgan fingerprint density at radius 1 is 1.12 bits per heavy atom. The number of carbonyl (C=O) groups excluding carboxylic acids is 1. The fourth-order valence-corrected chi connectivity index (χ4v) is 5.44. The van der Waals surface area contributed by atoms with Crippen molar-refractivity contribution in [3.8, 4) is 0 Å². The van der Waals surface area contributed by atoms with Crippen LogP contribution in [0.3, 0.4) is 0 Å². The van der Waals surface area contributed by atoms with Crippen LogP contribution in [0.1, 0.15) is 44.9 Å². The zero-order chi connectivity index (χ0) is 17.2. The zero-order valence-electron chi connectivity index (χ0n) is 13.6. The first-order valence-electron chi connectivity index (χ1n) is 8.58. The van der Waals surface area contributed by atoms with Crippen LogP contribution in [0.4, 0.5) is 11.4 Å². The largest absolute Gasteiger partial charge is 0.326 e. The first-order chi connectivity index (χ1) is 11.5. The molecular formula is C17H23ClN2O3S. The molecule has 5 nitrogen and oxygen atoms in total. The van der Waals surface area contributed by atoms with Gasteiger partial charge in [-0.3, -0.25) is 9.10 Å². The summed E-state index contributed by atoms with van der Waals surface area (Å²) in [6.07, 6.45) is 6.79. The molecule has 24 heavy (non-hydrogen) atoms. The number of nitrogens with one attached hydrogen (secondary N) is 1. The van der Waals surface area contributed by atoms with Crippen molar-refractivity contribution in [3.63, 3.8) is 0 Å². The molecule has 2 fully saturated rings. The van der Waals surface area contributed by atoms with Crippen molar-refractivity contribution in [2.45, 2.75) is 44.9 Å². The minimum absolute atomic E-state index is 0.0316. The number of sulfonamides is 1. The van der Waals surface area contributed by atoms with E-state index in [2.05, 4.69) is 5.32 Å². The highest BCUT2D eigenvalue weighted by Gasteiger charge is 2.28. The van der Waals surface area contributed by atoms with Gasteiger partial charge in [0.2, 0.25) is 15.9 Å². The summed E-state index contributed by atoms with van der Waals surface area (Å²) in [6.45, 7) is 0.454. The number of halogens is 1. The standard InChI is InChI=1S/C17H23ClN2O3S/c18-15-12-14(19-17(21)13-6-2-1-3-7-13)8-9-16(15)20-10-4-5-11-24(20,22)23/h8-9,12-13H,1-7,10-11H2,(H,19,21). The Morgan fingerprint density at radius 2 is 1.88 bits per heavy atom. The predicted molar refractivity (Wildman–Crippen MR) is 97.0 cm³/mol. The first kappa shape index (κ1) is 17.5. The second-order valence-electron chi connectivity index (χ2n) is 6.59. The van der Waals surface area contributed by atoms with E-state index in [1.54, 1.807) is 18.2 Å². The normalized spacial score (nSPS) is 21.5.